The number of nitrogens with zero attached hydrogens (tertiary/aromatic N) is 3. The summed E-state index contributed by atoms with van der Waals surface area (Å²) in [5.41, 5.74) is 5.43. The average molecular weight is 442 g/mol. The van der Waals surface area contributed by atoms with Gasteiger partial charge in [-0.1, -0.05) is 54.1 Å². The largest absolute Gasteiger partial charge is 0.348 e. The number of hydrogen-bond donors (Lipinski definition) is 0. The third-order valence-electron chi connectivity index (χ3n) is 6.51. The van der Waals surface area contributed by atoms with E-state index >= 15 is 0 Å². The average Bonchev–Trinajstić information content (AvgIpc) is 3.24. The molecule has 0 saturated carbocycles. The summed E-state index contributed by atoms with van der Waals surface area (Å²) < 4.78 is 0. The minimum Gasteiger partial charge on any atom is -0.348 e. The van der Waals surface area contributed by atoms with E-state index in [0.717, 1.165) is 22.4 Å². The molecule has 0 radical (unpaired) electrons. The first kappa shape index (κ1) is 22.7. The summed E-state index contributed by atoms with van der Waals surface area (Å²) in [7, 11) is 3.59. The van der Waals surface area contributed by atoms with Crippen molar-refractivity contribution in [1.82, 2.24) is 14.8 Å². The highest BCUT2D eigenvalue weighted by Gasteiger charge is 2.46. The molecule has 1 aromatic heterocycles. The number of rotatable bonds is 5. The Kier molecular flexibility index (Phi) is 6.32. The van der Waals surface area contributed by atoms with Gasteiger partial charge in [0.25, 0.3) is 5.91 Å². The van der Waals surface area contributed by atoms with Crippen molar-refractivity contribution in [2.24, 2.45) is 5.41 Å². The van der Waals surface area contributed by atoms with Crippen molar-refractivity contribution in [1.29, 1.82) is 0 Å². The van der Waals surface area contributed by atoms with Gasteiger partial charge in [0.05, 0.1) is 11.0 Å². The van der Waals surface area contributed by atoms with Gasteiger partial charge in [0.1, 0.15) is 0 Å². The maximum atomic E-state index is 13.4. The van der Waals surface area contributed by atoms with Crippen LogP contribution in [0.5, 0.6) is 0 Å². The molecule has 1 aliphatic heterocycles. The van der Waals surface area contributed by atoms with Crippen LogP contribution >= 0.6 is 0 Å². The van der Waals surface area contributed by atoms with Gasteiger partial charge in [-0.2, -0.15) is 0 Å². The maximum absolute atomic E-state index is 13.4. The third kappa shape index (κ3) is 4.82. The summed E-state index contributed by atoms with van der Waals surface area (Å²) in [4.78, 5) is 34.2. The quantitative estimate of drug-likeness (QED) is 0.585. The van der Waals surface area contributed by atoms with Crippen molar-refractivity contribution in [3.05, 3.63) is 89.2 Å². The minimum absolute atomic E-state index is 0.0654. The fourth-order valence-electron chi connectivity index (χ4n) is 4.69. The van der Waals surface area contributed by atoms with Crippen LogP contribution in [-0.2, 0) is 11.2 Å². The van der Waals surface area contributed by atoms with Crippen molar-refractivity contribution in [3.63, 3.8) is 0 Å². The van der Waals surface area contributed by atoms with Crippen LogP contribution in [0.4, 0.5) is 0 Å². The van der Waals surface area contributed by atoms with Crippen LogP contribution in [0.2, 0.25) is 0 Å². The highest BCUT2D eigenvalue weighted by Crippen LogP contribution is 2.37. The standard InChI is InChI=1S/C28H31N3O2/c1-20-8-11-23(12-9-20)24-7-5-6-22(16-24)17-28(27(33)30(3)4)14-15-31(19-28)26(32)25-13-10-21(2)29-18-25/h5-13,16,18H,14-15,17,19H2,1-4H3/t28-/m1/s1. The van der Waals surface area contributed by atoms with E-state index < -0.39 is 5.41 Å². The number of benzene rings is 2. The minimum atomic E-state index is -0.636. The van der Waals surface area contributed by atoms with Crippen molar-refractivity contribution in [2.75, 3.05) is 27.2 Å². The molecule has 1 saturated heterocycles. The van der Waals surface area contributed by atoms with E-state index in [1.54, 1.807) is 30.1 Å². The molecule has 0 bridgehead atoms. The lowest BCUT2D eigenvalue weighted by Crippen LogP contribution is -2.44. The van der Waals surface area contributed by atoms with Crippen molar-refractivity contribution in [2.45, 2.75) is 26.7 Å². The molecule has 0 spiro atoms. The van der Waals surface area contributed by atoms with Gasteiger partial charge in [-0.25, -0.2) is 0 Å². The fourth-order valence-corrected chi connectivity index (χ4v) is 4.69. The second kappa shape index (κ2) is 9.18. The molecule has 2 amide bonds. The normalized spacial score (nSPS) is 17.8. The molecular formula is C28H31N3O2. The lowest BCUT2D eigenvalue weighted by molar-refractivity contribution is -0.138. The maximum Gasteiger partial charge on any atom is 0.255 e. The zero-order chi connectivity index (χ0) is 23.6. The number of amides is 2. The third-order valence-corrected chi connectivity index (χ3v) is 6.51. The van der Waals surface area contributed by atoms with Crippen LogP contribution in [0.25, 0.3) is 11.1 Å². The highest BCUT2D eigenvalue weighted by atomic mass is 16.2. The number of carbonyl (C=O) groups excluding carboxylic acids is 2. The Hall–Kier alpha value is -3.47. The Morgan fingerprint density at radius 3 is 2.42 bits per heavy atom. The molecule has 1 aliphatic rings. The van der Waals surface area contributed by atoms with E-state index in [0.29, 0.717) is 31.5 Å². The van der Waals surface area contributed by atoms with Crippen molar-refractivity contribution < 1.29 is 9.59 Å². The second-order valence-electron chi connectivity index (χ2n) is 9.39. The van der Waals surface area contributed by atoms with Crippen molar-refractivity contribution in [3.8, 4) is 11.1 Å². The zero-order valence-electron chi connectivity index (χ0n) is 19.8. The van der Waals surface area contributed by atoms with Crippen LogP contribution < -0.4 is 0 Å². The van der Waals surface area contributed by atoms with E-state index in [2.05, 4.69) is 54.4 Å². The van der Waals surface area contributed by atoms with Crippen LogP contribution in [0, 0.1) is 19.3 Å². The molecule has 1 atom stereocenters. The Balaban J connectivity index is 1.60. The topological polar surface area (TPSA) is 53.5 Å². The number of likely N-dealkylation sites (tertiary alicyclic amines) is 1. The highest BCUT2D eigenvalue weighted by molar-refractivity contribution is 5.95. The molecule has 0 N–H and O–H groups in total. The summed E-state index contributed by atoms with van der Waals surface area (Å²) in [5.74, 6) is 0.00454. The van der Waals surface area contributed by atoms with E-state index in [1.165, 1.54) is 5.56 Å². The Morgan fingerprint density at radius 2 is 1.76 bits per heavy atom. The number of aromatic nitrogens is 1. The van der Waals surface area contributed by atoms with Gasteiger partial charge in [-0.3, -0.25) is 14.6 Å². The molecule has 0 aliphatic carbocycles. The molecule has 5 nitrogen and oxygen atoms in total. The Morgan fingerprint density at radius 1 is 1.00 bits per heavy atom. The fraction of sp³-hybridized carbons (Fsp3) is 0.321. The summed E-state index contributed by atoms with van der Waals surface area (Å²) in [6.07, 6.45) is 2.86. The Bertz CT molecular complexity index is 1150. The van der Waals surface area contributed by atoms with Gasteiger partial charge in [0, 0.05) is 39.1 Å². The zero-order valence-corrected chi connectivity index (χ0v) is 19.8. The van der Waals surface area contributed by atoms with Gasteiger partial charge >= 0.3 is 0 Å². The van der Waals surface area contributed by atoms with E-state index in [9.17, 15) is 9.59 Å². The molecule has 1 fully saturated rings. The van der Waals surface area contributed by atoms with Gasteiger partial charge in [-0.15, -0.1) is 0 Å². The first-order chi connectivity index (χ1) is 15.8. The number of pyridine rings is 1. The number of aryl methyl sites for hydroxylation is 2. The van der Waals surface area contributed by atoms with E-state index in [4.69, 9.17) is 0 Å². The molecule has 3 aromatic rings. The summed E-state index contributed by atoms with van der Waals surface area (Å²) in [6, 6.07) is 20.5. The molecule has 170 valence electrons. The predicted molar refractivity (Wildman–Crippen MR) is 131 cm³/mol. The smallest absolute Gasteiger partial charge is 0.255 e. The molecule has 2 aromatic carbocycles. The van der Waals surface area contributed by atoms with Crippen LogP contribution in [0.3, 0.4) is 0 Å². The first-order valence-electron chi connectivity index (χ1n) is 11.4. The van der Waals surface area contributed by atoms with Crippen LogP contribution in [-0.4, -0.2) is 53.8 Å². The summed E-state index contributed by atoms with van der Waals surface area (Å²) in [5, 5.41) is 0. The van der Waals surface area contributed by atoms with Crippen LogP contribution in [0.15, 0.2) is 66.9 Å². The van der Waals surface area contributed by atoms with Gasteiger partial charge < -0.3 is 9.80 Å². The van der Waals surface area contributed by atoms with Gasteiger partial charge in [0.15, 0.2) is 0 Å². The molecular weight excluding hydrogens is 410 g/mol. The van der Waals surface area contributed by atoms with Gasteiger partial charge in [0.2, 0.25) is 5.91 Å². The second-order valence-corrected chi connectivity index (χ2v) is 9.39. The molecule has 0 unspecified atom stereocenters. The van der Waals surface area contributed by atoms with Crippen molar-refractivity contribution >= 4 is 11.8 Å². The monoisotopic (exact) mass is 441 g/mol. The number of hydrogen-bond acceptors (Lipinski definition) is 3. The lowest BCUT2D eigenvalue weighted by Gasteiger charge is -2.31. The lowest BCUT2D eigenvalue weighted by atomic mass is 9.79. The Labute approximate surface area is 196 Å². The van der Waals surface area contributed by atoms with Gasteiger partial charge in [-0.05, 0) is 55.5 Å². The van der Waals surface area contributed by atoms with Crippen LogP contribution in [0.1, 0.15) is 33.6 Å². The molecule has 5 heteroatoms. The molecule has 4 rings (SSSR count). The first-order valence-corrected chi connectivity index (χ1v) is 11.4. The summed E-state index contributed by atoms with van der Waals surface area (Å²) in [6.45, 7) is 4.95. The molecule has 33 heavy (non-hydrogen) atoms. The van der Waals surface area contributed by atoms with E-state index in [1.807, 2.05) is 25.1 Å². The van der Waals surface area contributed by atoms with E-state index in [-0.39, 0.29) is 11.8 Å². The SMILES string of the molecule is Cc1ccc(-c2cccc(C[C@]3(C(=O)N(C)C)CCN(C(=O)c4ccc(C)nc4)C3)c2)cc1. The molecule has 2 heterocycles. The number of carbonyl (C=O) groups is 2. The summed E-state index contributed by atoms with van der Waals surface area (Å²) >= 11 is 0. The predicted octanol–water partition coefficient (Wildman–Crippen LogP) is 4.53.